The molecule has 0 amide bonds. The Labute approximate surface area is 175 Å². The number of methoxy groups -OCH3 is 1. The van der Waals surface area contributed by atoms with E-state index in [1.54, 1.807) is 14.2 Å². The first-order valence-corrected chi connectivity index (χ1v) is 9.02. The molecule has 0 unspecified atom stereocenters. The maximum absolute atomic E-state index is 5.83. The number of guanidine groups is 1. The van der Waals surface area contributed by atoms with Crippen LogP contribution in [-0.4, -0.2) is 64.4 Å². The zero-order valence-electron chi connectivity index (χ0n) is 16.8. The molecule has 6 nitrogen and oxygen atoms in total. The summed E-state index contributed by atoms with van der Waals surface area (Å²) in [5.41, 5.74) is 2.28. The molecule has 150 valence electrons. The minimum Gasteiger partial charge on any atom is -0.491 e. The number of ether oxygens (including phenoxy) is 2. The number of benzene rings is 1. The van der Waals surface area contributed by atoms with Gasteiger partial charge in [0.25, 0.3) is 0 Å². The molecule has 0 aliphatic heterocycles. The van der Waals surface area contributed by atoms with Crippen molar-refractivity contribution in [1.29, 1.82) is 0 Å². The highest BCUT2D eigenvalue weighted by molar-refractivity contribution is 14.0. The van der Waals surface area contributed by atoms with Gasteiger partial charge in [0.15, 0.2) is 5.96 Å². The van der Waals surface area contributed by atoms with Crippen molar-refractivity contribution >= 4 is 29.9 Å². The fourth-order valence-corrected chi connectivity index (χ4v) is 2.45. The Morgan fingerprint density at radius 3 is 2.50 bits per heavy atom. The number of nitrogens with zero attached hydrogens (tertiary/aromatic N) is 2. The minimum absolute atomic E-state index is 0. The van der Waals surface area contributed by atoms with Crippen LogP contribution < -0.4 is 15.4 Å². The van der Waals surface area contributed by atoms with Crippen molar-refractivity contribution in [3.8, 4) is 5.75 Å². The summed E-state index contributed by atoms with van der Waals surface area (Å²) in [6.07, 6.45) is 0. The van der Waals surface area contributed by atoms with Crippen LogP contribution in [0.25, 0.3) is 0 Å². The summed E-state index contributed by atoms with van der Waals surface area (Å²) in [6, 6.07) is 6.24. The smallest absolute Gasteiger partial charge is 0.191 e. The lowest BCUT2D eigenvalue weighted by atomic mass is 10.1. The number of hydrogen-bond acceptors (Lipinski definition) is 4. The summed E-state index contributed by atoms with van der Waals surface area (Å²) < 4.78 is 10.9. The van der Waals surface area contributed by atoms with E-state index in [1.165, 1.54) is 5.56 Å². The number of halogens is 1. The second kappa shape index (κ2) is 15.0. The van der Waals surface area contributed by atoms with E-state index in [9.17, 15) is 0 Å². The number of aryl methyl sites for hydroxylation is 1. The van der Waals surface area contributed by atoms with Gasteiger partial charge < -0.3 is 25.0 Å². The van der Waals surface area contributed by atoms with Crippen molar-refractivity contribution in [2.24, 2.45) is 4.99 Å². The molecule has 0 saturated heterocycles. The third-order valence-electron chi connectivity index (χ3n) is 4.05. The molecule has 0 aromatic heterocycles. The van der Waals surface area contributed by atoms with Crippen LogP contribution in [0.1, 0.15) is 25.0 Å². The molecule has 0 aliphatic rings. The summed E-state index contributed by atoms with van der Waals surface area (Å²) >= 11 is 0. The van der Waals surface area contributed by atoms with Crippen molar-refractivity contribution in [2.75, 3.05) is 53.6 Å². The van der Waals surface area contributed by atoms with Gasteiger partial charge in [0, 0.05) is 39.4 Å². The zero-order chi connectivity index (χ0) is 18.5. The number of hydrogen-bond donors (Lipinski definition) is 2. The highest BCUT2D eigenvalue weighted by Gasteiger charge is 2.06. The van der Waals surface area contributed by atoms with E-state index in [-0.39, 0.29) is 24.0 Å². The van der Waals surface area contributed by atoms with Crippen molar-refractivity contribution in [3.63, 3.8) is 0 Å². The molecule has 7 heteroatoms. The molecular weight excluding hydrogens is 443 g/mol. The molecule has 0 heterocycles. The van der Waals surface area contributed by atoms with Crippen LogP contribution in [0.5, 0.6) is 5.75 Å². The van der Waals surface area contributed by atoms with Gasteiger partial charge in [-0.2, -0.15) is 0 Å². The number of rotatable bonds is 11. The monoisotopic (exact) mass is 478 g/mol. The van der Waals surface area contributed by atoms with Gasteiger partial charge in [-0.3, -0.25) is 4.99 Å². The fraction of sp³-hybridized carbons (Fsp3) is 0.632. The van der Waals surface area contributed by atoms with Crippen LogP contribution in [0.3, 0.4) is 0 Å². The Morgan fingerprint density at radius 1 is 1.15 bits per heavy atom. The van der Waals surface area contributed by atoms with Gasteiger partial charge in [-0.15, -0.1) is 24.0 Å². The molecule has 0 atom stereocenters. The molecule has 0 spiro atoms. The zero-order valence-corrected chi connectivity index (χ0v) is 19.1. The topological polar surface area (TPSA) is 58.1 Å². The van der Waals surface area contributed by atoms with Gasteiger partial charge in [0.05, 0.1) is 6.61 Å². The molecule has 0 aliphatic carbocycles. The molecule has 0 fully saturated rings. The fourth-order valence-electron chi connectivity index (χ4n) is 2.45. The second-order valence-electron chi connectivity index (χ2n) is 5.83. The first-order chi connectivity index (χ1) is 12.1. The maximum Gasteiger partial charge on any atom is 0.191 e. The van der Waals surface area contributed by atoms with Gasteiger partial charge in [0.2, 0.25) is 0 Å². The van der Waals surface area contributed by atoms with E-state index in [2.05, 4.69) is 59.5 Å². The van der Waals surface area contributed by atoms with Crippen LogP contribution >= 0.6 is 24.0 Å². The normalized spacial score (nSPS) is 11.2. The van der Waals surface area contributed by atoms with Gasteiger partial charge in [0.1, 0.15) is 12.4 Å². The van der Waals surface area contributed by atoms with Crippen molar-refractivity contribution in [2.45, 2.75) is 27.3 Å². The summed E-state index contributed by atoms with van der Waals surface area (Å²) in [6.45, 7) is 12.2. The van der Waals surface area contributed by atoms with E-state index in [0.717, 1.165) is 43.5 Å². The van der Waals surface area contributed by atoms with Crippen LogP contribution in [0.4, 0.5) is 0 Å². The molecule has 1 aromatic carbocycles. The SMILES string of the molecule is CCN(CC)CCNC(=NC)NCc1ccc(C)cc1OCCOC.I. The third kappa shape index (κ3) is 9.59. The first kappa shape index (κ1) is 24.9. The third-order valence-corrected chi connectivity index (χ3v) is 4.05. The van der Waals surface area contributed by atoms with Gasteiger partial charge in [-0.25, -0.2) is 0 Å². The Kier molecular flexibility index (Phi) is 14.4. The Morgan fingerprint density at radius 2 is 1.88 bits per heavy atom. The lowest BCUT2D eigenvalue weighted by molar-refractivity contribution is 0.145. The molecular formula is C19H35IN4O2. The Bertz CT molecular complexity index is 522. The van der Waals surface area contributed by atoms with E-state index in [1.807, 2.05) is 0 Å². The molecule has 0 saturated carbocycles. The lowest BCUT2D eigenvalue weighted by Crippen LogP contribution is -2.41. The van der Waals surface area contributed by atoms with Crippen molar-refractivity contribution in [1.82, 2.24) is 15.5 Å². The summed E-state index contributed by atoms with van der Waals surface area (Å²) in [4.78, 5) is 6.67. The second-order valence-corrected chi connectivity index (χ2v) is 5.83. The number of aliphatic imine (C=N–C) groups is 1. The van der Waals surface area contributed by atoms with Gasteiger partial charge in [-0.1, -0.05) is 26.0 Å². The van der Waals surface area contributed by atoms with E-state index >= 15 is 0 Å². The van der Waals surface area contributed by atoms with Crippen LogP contribution in [0.15, 0.2) is 23.2 Å². The van der Waals surface area contributed by atoms with Crippen LogP contribution in [0.2, 0.25) is 0 Å². The van der Waals surface area contributed by atoms with Crippen LogP contribution in [-0.2, 0) is 11.3 Å². The molecule has 1 aromatic rings. The first-order valence-electron chi connectivity index (χ1n) is 9.02. The van der Waals surface area contributed by atoms with Crippen molar-refractivity contribution < 1.29 is 9.47 Å². The van der Waals surface area contributed by atoms with E-state index in [4.69, 9.17) is 9.47 Å². The largest absolute Gasteiger partial charge is 0.491 e. The van der Waals surface area contributed by atoms with Crippen LogP contribution in [0, 0.1) is 6.92 Å². The number of nitrogens with one attached hydrogen (secondary N) is 2. The van der Waals surface area contributed by atoms with Crippen molar-refractivity contribution in [3.05, 3.63) is 29.3 Å². The highest BCUT2D eigenvalue weighted by Crippen LogP contribution is 2.20. The quantitative estimate of drug-likeness (QED) is 0.222. The predicted octanol–water partition coefficient (Wildman–Crippen LogP) is 2.65. The highest BCUT2D eigenvalue weighted by atomic mass is 127. The standard InChI is InChI=1S/C19H34N4O2.HI/c1-6-23(7-2)11-10-21-19(20-4)22-15-17-9-8-16(3)14-18(17)25-13-12-24-5;/h8-9,14H,6-7,10-13,15H2,1-5H3,(H2,20,21,22);1H. The maximum atomic E-state index is 5.83. The average Bonchev–Trinajstić information content (AvgIpc) is 2.63. The number of likely N-dealkylation sites (N-methyl/N-ethyl adjacent to an activating group) is 1. The molecule has 0 radical (unpaired) electrons. The Balaban J connectivity index is 0.00000625. The molecule has 26 heavy (non-hydrogen) atoms. The van der Waals surface area contributed by atoms with E-state index in [0.29, 0.717) is 19.8 Å². The molecule has 1 rings (SSSR count). The predicted molar refractivity (Wildman–Crippen MR) is 120 cm³/mol. The lowest BCUT2D eigenvalue weighted by Gasteiger charge is -2.19. The van der Waals surface area contributed by atoms with E-state index < -0.39 is 0 Å². The molecule has 2 N–H and O–H groups in total. The van der Waals surface area contributed by atoms with Gasteiger partial charge in [-0.05, 0) is 31.6 Å². The summed E-state index contributed by atoms with van der Waals surface area (Å²) in [7, 11) is 3.47. The average molecular weight is 478 g/mol. The molecule has 0 bridgehead atoms. The Hall–Kier alpha value is -1.06. The minimum atomic E-state index is 0. The summed E-state index contributed by atoms with van der Waals surface area (Å²) in [5.74, 6) is 1.69. The summed E-state index contributed by atoms with van der Waals surface area (Å²) in [5, 5.41) is 6.71. The van der Waals surface area contributed by atoms with Gasteiger partial charge >= 0.3 is 0 Å².